The maximum atomic E-state index is 12.9. The molecule has 0 spiro atoms. The summed E-state index contributed by atoms with van der Waals surface area (Å²) in [6.45, 7) is 6.89. The summed E-state index contributed by atoms with van der Waals surface area (Å²) < 4.78 is 5.30. The summed E-state index contributed by atoms with van der Waals surface area (Å²) >= 11 is 0. The van der Waals surface area contributed by atoms with Crippen molar-refractivity contribution in [2.45, 2.75) is 58.9 Å². The SMILES string of the molecule is CCCC(C)C1CCCN1C(=O)c1c(C)coc1CC(=O)O. The number of hydrogen-bond acceptors (Lipinski definition) is 3. The average molecular weight is 307 g/mol. The molecule has 2 atom stereocenters. The molecule has 2 unspecified atom stereocenters. The maximum Gasteiger partial charge on any atom is 0.311 e. The molecule has 0 aromatic carbocycles. The highest BCUT2D eigenvalue weighted by Gasteiger charge is 2.35. The van der Waals surface area contributed by atoms with E-state index in [1.54, 1.807) is 6.92 Å². The van der Waals surface area contributed by atoms with Gasteiger partial charge in [0.05, 0.1) is 11.8 Å². The molecule has 5 nitrogen and oxygen atoms in total. The molecule has 1 amide bonds. The summed E-state index contributed by atoms with van der Waals surface area (Å²) in [5.74, 6) is -0.330. The highest BCUT2D eigenvalue weighted by Crippen LogP contribution is 2.30. The number of furan rings is 1. The summed E-state index contributed by atoms with van der Waals surface area (Å²) in [4.78, 5) is 25.8. The van der Waals surface area contributed by atoms with E-state index in [4.69, 9.17) is 9.52 Å². The Morgan fingerprint density at radius 1 is 1.50 bits per heavy atom. The molecule has 2 rings (SSSR count). The number of amides is 1. The van der Waals surface area contributed by atoms with Crippen LogP contribution in [-0.4, -0.2) is 34.5 Å². The molecule has 2 heterocycles. The third kappa shape index (κ3) is 3.34. The molecule has 1 N–H and O–H groups in total. The van der Waals surface area contributed by atoms with Gasteiger partial charge in [-0.2, -0.15) is 0 Å². The molecule has 22 heavy (non-hydrogen) atoms. The minimum atomic E-state index is -0.985. The first-order valence-electron chi connectivity index (χ1n) is 8.05. The Morgan fingerprint density at radius 2 is 2.23 bits per heavy atom. The number of hydrogen-bond donors (Lipinski definition) is 1. The monoisotopic (exact) mass is 307 g/mol. The van der Waals surface area contributed by atoms with Crippen LogP contribution in [0.2, 0.25) is 0 Å². The fraction of sp³-hybridized carbons (Fsp3) is 0.647. The summed E-state index contributed by atoms with van der Waals surface area (Å²) in [5, 5.41) is 8.97. The van der Waals surface area contributed by atoms with Crippen molar-refractivity contribution in [2.24, 2.45) is 5.92 Å². The predicted octanol–water partition coefficient (Wildman–Crippen LogP) is 3.26. The second-order valence-electron chi connectivity index (χ2n) is 6.26. The van der Waals surface area contributed by atoms with Gasteiger partial charge in [-0.05, 0) is 32.1 Å². The number of carbonyl (C=O) groups excluding carboxylic acids is 1. The van der Waals surface area contributed by atoms with Crippen LogP contribution in [0.25, 0.3) is 0 Å². The summed E-state index contributed by atoms with van der Waals surface area (Å²) in [6, 6.07) is 0.249. The molecule has 0 bridgehead atoms. The summed E-state index contributed by atoms with van der Waals surface area (Å²) in [7, 11) is 0. The molecule has 0 radical (unpaired) electrons. The predicted molar refractivity (Wildman–Crippen MR) is 82.9 cm³/mol. The van der Waals surface area contributed by atoms with E-state index < -0.39 is 5.97 Å². The third-order valence-electron chi connectivity index (χ3n) is 4.54. The number of aliphatic carboxylic acids is 1. The topological polar surface area (TPSA) is 70.8 Å². The van der Waals surface area contributed by atoms with Gasteiger partial charge in [-0.3, -0.25) is 9.59 Å². The lowest BCUT2D eigenvalue weighted by atomic mass is 9.94. The van der Waals surface area contributed by atoms with Crippen molar-refractivity contribution >= 4 is 11.9 Å². The second-order valence-corrected chi connectivity index (χ2v) is 6.26. The van der Waals surface area contributed by atoms with Crippen LogP contribution in [0.5, 0.6) is 0 Å². The van der Waals surface area contributed by atoms with E-state index in [0.29, 0.717) is 11.5 Å². The van der Waals surface area contributed by atoms with Crippen LogP contribution in [-0.2, 0) is 11.2 Å². The normalized spacial score (nSPS) is 19.4. The van der Waals surface area contributed by atoms with Crippen LogP contribution in [0.1, 0.15) is 61.2 Å². The van der Waals surface area contributed by atoms with E-state index in [-0.39, 0.29) is 24.1 Å². The molecule has 0 aliphatic carbocycles. The van der Waals surface area contributed by atoms with Crippen LogP contribution >= 0.6 is 0 Å². The lowest BCUT2D eigenvalue weighted by Crippen LogP contribution is -2.39. The van der Waals surface area contributed by atoms with Crippen LogP contribution in [0.3, 0.4) is 0 Å². The molecular weight excluding hydrogens is 282 g/mol. The number of nitrogens with zero attached hydrogens (tertiary/aromatic N) is 1. The fourth-order valence-corrected chi connectivity index (χ4v) is 3.48. The largest absolute Gasteiger partial charge is 0.481 e. The van der Waals surface area contributed by atoms with Gasteiger partial charge in [0.25, 0.3) is 5.91 Å². The van der Waals surface area contributed by atoms with E-state index >= 15 is 0 Å². The molecular formula is C17H25NO4. The molecule has 1 saturated heterocycles. The van der Waals surface area contributed by atoms with E-state index in [0.717, 1.165) is 37.8 Å². The Kier molecular flexibility index (Phi) is 5.27. The lowest BCUT2D eigenvalue weighted by Gasteiger charge is -2.29. The Labute approximate surface area is 131 Å². The molecule has 1 aromatic rings. The van der Waals surface area contributed by atoms with Crippen LogP contribution in [0.4, 0.5) is 0 Å². The minimum Gasteiger partial charge on any atom is -0.481 e. The van der Waals surface area contributed by atoms with E-state index in [1.807, 2.05) is 4.90 Å². The molecule has 5 heteroatoms. The first-order valence-corrected chi connectivity index (χ1v) is 8.05. The number of carbonyl (C=O) groups is 2. The molecule has 122 valence electrons. The molecule has 1 fully saturated rings. The van der Waals surface area contributed by atoms with E-state index in [9.17, 15) is 9.59 Å². The zero-order chi connectivity index (χ0) is 16.3. The minimum absolute atomic E-state index is 0.0760. The van der Waals surface area contributed by atoms with Gasteiger partial charge in [0.2, 0.25) is 0 Å². The van der Waals surface area contributed by atoms with Gasteiger partial charge in [0.15, 0.2) is 0 Å². The summed E-state index contributed by atoms with van der Waals surface area (Å²) in [6.07, 6.45) is 5.47. The zero-order valence-corrected chi connectivity index (χ0v) is 13.6. The average Bonchev–Trinajstić information content (AvgIpc) is 3.05. The van der Waals surface area contributed by atoms with Crippen molar-refractivity contribution in [3.8, 4) is 0 Å². The Bertz CT molecular complexity index is 549. The fourth-order valence-electron chi connectivity index (χ4n) is 3.48. The van der Waals surface area contributed by atoms with Crippen molar-refractivity contribution in [3.63, 3.8) is 0 Å². The van der Waals surface area contributed by atoms with E-state index in [1.165, 1.54) is 6.26 Å². The highest BCUT2D eigenvalue weighted by molar-refractivity contribution is 5.97. The number of rotatable bonds is 6. The van der Waals surface area contributed by atoms with Crippen molar-refractivity contribution in [1.82, 2.24) is 4.90 Å². The number of carboxylic acid groups (broad SMARTS) is 1. The maximum absolute atomic E-state index is 12.9. The van der Waals surface area contributed by atoms with Gasteiger partial charge in [0.1, 0.15) is 12.2 Å². The first kappa shape index (κ1) is 16.6. The van der Waals surface area contributed by atoms with Gasteiger partial charge >= 0.3 is 5.97 Å². The van der Waals surface area contributed by atoms with Crippen molar-refractivity contribution in [3.05, 3.63) is 23.2 Å². The van der Waals surface area contributed by atoms with E-state index in [2.05, 4.69) is 13.8 Å². The van der Waals surface area contributed by atoms with Crippen LogP contribution < -0.4 is 0 Å². The first-order chi connectivity index (χ1) is 10.5. The Balaban J connectivity index is 2.23. The Hall–Kier alpha value is -1.78. The molecule has 1 aromatic heterocycles. The second kappa shape index (κ2) is 6.99. The quantitative estimate of drug-likeness (QED) is 0.875. The van der Waals surface area contributed by atoms with Gasteiger partial charge in [-0.1, -0.05) is 20.3 Å². The third-order valence-corrected chi connectivity index (χ3v) is 4.54. The zero-order valence-electron chi connectivity index (χ0n) is 13.6. The smallest absolute Gasteiger partial charge is 0.311 e. The van der Waals surface area contributed by atoms with Gasteiger partial charge in [-0.15, -0.1) is 0 Å². The standard InChI is InChI=1S/C17H25NO4/c1-4-6-11(2)13-7-5-8-18(13)17(21)16-12(3)10-22-14(16)9-15(19)20/h10-11,13H,4-9H2,1-3H3,(H,19,20). The van der Waals surface area contributed by atoms with Crippen LogP contribution in [0.15, 0.2) is 10.7 Å². The number of likely N-dealkylation sites (tertiary alicyclic amines) is 1. The number of carboxylic acids is 1. The van der Waals surface area contributed by atoms with Gasteiger partial charge in [0, 0.05) is 18.2 Å². The lowest BCUT2D eigenvalue weighted by molar-refractivity contribution is -0.136. The molecule has 0 saturated carbocycles. The Morgan fingerprint density at radius 3 is 2.86 bits per heavy atom. The van der Waals surface area contributed by atoms with Crippen molar-refractivity contribution in [2.75, 3.05) is 6.54 Å². The summed E-state index contributed by atoms with van der Waals surface area (Å²) in [5.41, 5.74) is 1.16. The molecule has 1 aliphatic rings. The molecule has 1 aliphatic heterocycles. The van der Waals surface area contributed by atoms with Crippen molar-refractivity contribution in [1.29, 1.82) is 0 Å². The van der Waals surface area contributed by atoms with Crippen molar-refractivity contribution < 1.29 is 19.1 Å². The van der Waals surface area contributed by atoms with Gasteiger partial charge in [-0.25, -0.2) is 0 Å². The number of aryl methyl sites for hydroxylation is 1. The highest BCUT2D eigenvalue weighted by atomic mass is 16.4. The van der Waals surface area contributed by atoms with Crippen LogP contribution in [0, 0.1) is 12.8 Å². The van der Waals surface area contributed by atoms with Gasteiger partial charge < -0.3 is 14.4 Å².